The normalized spacial score (nSPS) is 17.9. The quantitative estimate of drug-likeness (QED) is 0.368. The van der Waals surface area contributed by atoms with Crippen LogP contribution >= 0.6 is 11.3 Å². The minimum absolute atomic E-state index is 0.0169. The van der Waals surface area contributed by atoms with E-state index in [1.165, 1.54) is 16.2 Å². The number of thiazole rings is 1. The van der Waals surface area contributed by atoms with Crippen LogP contribution in [0, 0.1) is 11.3 Å². The lowest BCUT2D eigenvalue weighted by Gasteiger charge is -2.19. The van der Waals surface area contributed by atoms with Gasteiger partial charge < -0.3 is 10.6 Å². The first kappa shape index (κ1) is 14.3. The first-order chi connectivity index (χ1) is 9.74. The fourth-order valence-corrected chi connectivity index (χ4v) is 3.34. The van der Waals surface area contributed by atoms with Gasteiger partial charge in [0.05, 0.1) is 11.8 Å². The van der Waals surface area contributed by atoms with E-state index in [0.717, 1.165) is 31.4 Å². The Morgan fingerprint density at radius 1 is 1.75 bits per heavy atom. The zero-order chi connectivity index (χ0) is 14.4. The molecular weight excluding hydrogens is 278 g/mol. The highest BCUT2D eigenvalue weighted by atomic mass is 32.1. The van der Waals surface area contributed by atoms with Crippen molar-refractivity contribution in [3.63, 3.8) is 0 Å². The first-order valence-electron chi connectivity index (χ1n) is 6.30. The second-order valence-electron chi connectivity index (χ2n) is 4.40. The molecule has 0 radical (unpaired) electrons. The summed E-state index contributed by atoms with van der Waals surface area (Å²) in [6.07, 6.45) is 4.53. The van der Waals surface area contributed by atoms with E-state index in [-0.39, 0.29) is 12.4 Å². The van der Waals surface area contributed by atoms with Crippen LogP contribution in [0.1, 0.15) is 42.2 Å². The molecule has 20 heavy (non-hydrogen) atoms. The molecule has 0 amide bonds. The van der Waals surface area contributed by atoms with Crippen molar-refractivity contribution in [3.05, 3.63) is 10.6 Å². The van der Waals surface area contributed by atoms with Gasteiger partial charge in [-0.05, 0) is 25.7 Å². The number of carbonyl (C=O) groups is 1. The van der Waals surface area contributed by atoms with E-state index >= 15 is 0 Å². The minimum atomic E-state index is -0.0169. The van der Waals surface area contributed by atoms with Crippen LogP contribution in [0.5, 0.6) is 0 Å². The molecule has 0 saturated carbocycles. The summed E-state index contributed by atoms with van der Waals surface area (Å²) in [5.74, 6) is 0.316. The first-order valence-corrected chi connectivity index (χ1v) is 7.12. The molecule has 8 heteroatoms. The van der Waals surface area contributed by atoms with Crippen LogP contribution in [0.15, 0.2) is 4.99 Å². The summed E-state index contributed by atoms with van der Waals surface area (Å²) in [4.78, 5) is 24.1. The highest BCUT2D eigenvalue weighted by Gasteiger charge is 2.24. The van der Waals surface area contributed by atoms with Gasteiger partial charge in [0.1, 0.15) is 0 Å². The van der Waals surface area contributed by atoms with Gasteiger partial charge in [0.15, 0.2) is 0 Å². The Bertz CT molecular complexity index is 549. The van der Waals surface area contributed by atoms with Crippen molar-refractivity contribution in [2.24, 2.45) is 10.7 Å². The molecule has 1 aliphatic rings. The Hall–Kier alpha value is -2.14. The van der Waals surface area contributed by atoms with E-state index < -0.39 is 0 Å². The summed E-state index contributed by atoms with van der Waals surface area (Å²) >= 11 is 1.49. The van der Waals surface area contributed by atoms with Gasteiger partial charge in [0.25, 0.3) is 0 Å². The van der Waals surface area contributed by atoms with Crippen molar-refractivity contribution in [3.8, 4) is 6.07 Å². The monoisotopic (exact) mass is 293 g/mol. The molecule has 0 bridgehead atoms. The predicted octanol–water partition coefficient (Wildman–Crippen LogP) is 1.49. The molecule has 106 valence electrons. The highest BCUT2D eigenvalue weighted by molar-refractivity contribution is 7.15. The van der Waals surface area contributed by atoms with Crippen molar-refractivity contribution < 1.29 is 9.63 Å². The van der Waals surface area contributed by atoms with Gasteiger partial charge in [0, 0.05) is 17.2 Å². The molecular formula is C12H15N5O2S. The van der Waals surface area contributed by atoms with Crippen LogP contribution in [0.25, 0.3) is 0 Å². The molecule has 3 N–H and O–H groups in total. The summed E-state index contributed by atoms with van der Waals surface area (Å²) in [6, 6.07) is 2.18. The van der Waals surface area contributed by atoms with Crippen molar-refractivity contribution in [1.82, 2.24) is 10.5 Å². The molecule has 0 fully saturated rings. The maximum Gasteiger partial charge on any atom is 0.320 e. The predicted molar refractivity (Wildman–Crippen MR) is 74.2 cm³/mol. The summed E-state index contributed by atoms with van der Waals surface area (Å²) < 4.78 is 0. The largest absolute Gasteiger partial charge is 0.367 e. The van der Waals surface area contributed by atoms with Crippen LogP contribution in [0.2, 0.25) is 0 Å². The van der Waals surface area contributed by atoms with Crippen molar-refractivity contribution in [2.75, 3.05) is 0 Å². The second-order valence-corrected chi connectivity index (χ2v) is 5.47. The standard InChI is InChI=1S/C12H15N5O2S/c13-6-2-4-8-3-1-5-9-10(8)15-12(20-9)16-11(14)17-19-7-18/h7-8H,1-5H2,(H3,14,15,16,17). The topological polar surface area (TPSA) is 113 Å². The molecule has 0 saturated heterocycles. The number of guanidine groups is 1. The van der Waals surface area contributed by atoms with Gasteiger partial charge in [-0.3, -0.25) is 4.79 Å². The molecule has 1 heterocycles. The number of hydrogen-bond acceptors (Lipinski definition) is 6. The number of nitrogens with one attached hydrogen (secondary N) is 1. The van der Waals surface area contributed by atoms with E-state index in [1.54, 1.807) is 0 Å². The number of nitrogens with two attached hydrogens (primary N) is 1. The molecule has 1 atom stereocenters. The molecule has 0 spiro atoms. The number of fused-ring (bicyclic) bond motifs is 1. The number of rotatable bonds is 5. The zero-order valence-corrected chi connectivity index (χ0v) is 11.7. The lowest BCUT2D eigenvalue weighted by atomic mass is 9.88. The number of aliphatic imine (C=N–C) groups is 1. The number of hydrogen-bond donors (Lipinski definition) is 2. The third kappa shape index (κ3) is 3.45. The Kier molecular flexibility index (Phi) is 4.90. The molecule has 1 aliphatic carbocycles. The second kappa shape index (κ2) is 6.86. The Morgan fingerprint density at radius 3 is 3.35 bits per heavy atom. The Balaban J connectivity index is 2.13. The van der Waals surface area contributed by atoms with Crippen LogP contribution in [-0.2, 0) is 16.1 Å². The van der Waals surface area contributed by atoms with E-state index in [9.17, 15) is 4.79 Å². The molecule has 0 aliphatic heterocycles. The number of hydroxylamine groups is 1. The van der Waals surface area contributed by atoms with Gasteiger partial charge >= 0.3 is 6.47 Å². The maximum absolute atomic E-state index is 10.0. The average Bonchev–Trinajstić information content (AvgIpc) is 2.85. The van der Waals surface area contributed by atoms with Gasteiger partial charge in [0.2, 0.25) is 11.1 Å². The van der Waals surface area contributed by atoms with E-state index in [1.807, 2.05) is 0 Å². The lowest BCUT2D eigenvalue weighted by molar-refractivity contribution is -0.132. The van der Waals surface area contributed by atoms with E-state index in [4.69, 9.17) is 11.0 Å². The highest BCUT2D eigenvalue weighted by Crippen LogP contribution is 2.39. The molecule has 1 unspecified atom stereocenters. The number of aromatic nitrogens is 1. The van der Waals surface area contributed by atoms with Crippen LogP contribution in [0.4, 0.5) is 5.13 Å². The summed E-state index contributed by atoms with van der Waals surface area (Å²) in [7, 11) is 0. The molecule has 1 aromatic heterocycles. The number of nitrogens with zero attached hydrogens (tertiary/aromatic N) is 3. The summed E-state index contributed by atoms with van der Waals surface area (Å²) in [6.45, 7) is 0.229. The smallest absolute Gasteiger partial charge is 0.320 e. The summed E-state index contributed by atoms with van der Waals surface area (Å²) in [5, 5.41) is 9.23. The lowest BCUT2D eigenvalue weighted by Crippen LogP contribution is -2.30. The zero-order valence-electron chi connectivity index (χ0n) is 10.8. The van der Waals surface area contributed by atoms with Crippen LogP contribution in [-0.4, -0.2) is 17.4 Å². The van der Waals surface area contributed by atoms with Gasteiger partial charge in [-0.1, -0.05) is 11.3 Å². The average molecular weight is 293 g/mol. The van der Waals surface area contributed by atoms with Gasteiger partial charge in [-0.25, -0.2) is 4.98 Å². The fourth-order valence-electron chi connectivity index (χ4n) is 2.27. The van der Waals surface area contributed by atoms with Crippen molar-refractivity contribution in [2.45, 2.75) is 38.0 Å². The minimum Gasteiger partial charge on any atom is -0.367 e. The van der Waals surface area contributed by atoms with Crippen molar-refractivity contribution >= 4 is 28.9 Å². The number of carbonyl (C=O) groups excluding carboxylic acids is 1. The van der Waals surface area contributed by atoms with Crippen molar-refractivity contribution in [1.29, 1.82) is 5.26 Å². The van der Waals surface area contributed by atoms with Gasteiger partial charge in [-0.15, -0.1) is 0 Å². The third-order valence-corrected chi connectivity index (χ3v) is 4.12. The Morgan fingerprint density at radius 2 is 2.60 bits per heavy atom. The van der Waals surface area contributed by atoms with E-state index in [2.05, 4.69) is 26.4 Å². The van der Waals surface area contributed by atoms with E-state index in [0.29, 0.717) is 17.5 Å². The third-order valence-electron chi connectivity index (χ3n) is 3.09. The number of nitriles is 1. The number of aryl methyl sites for hydroxylation is 1. The Labute approximate surface area is 120 Å². The molecule has 1 aromatic rings. The maximum atomic E-state index is 10.0. The molecule has 7 nitrogen and oxygen atoms in total. The molecule has 2 rings (SSSR count). The summed E-state index contributed by atoms with van der Waals surface area (Å²) in [5.41, 5.74) is 8.77. The van der Waals surface area contributed by atoms with Crippen LogP contribution < -0.4 is 11.2 Å². The SMILES string of the molecule is N#CCCC1CCCc2sc(N=C(N)NOC=O)nc21. The fraction of sp³-hybridized carbons (Fsp3) is 0.500. The van der Waals surface area contributed by atoms with Crippen LogP contribution in [0.3, 0.4) is 0 Å². The van der Waals surface area contributed by atoms with Gasteiger partial charge in [-0.2, -0.15) is 15.7 Å². The molecule has 0 aromatic carbocycles.